The largest absolute Gasteiger partial charge is 0.456 e. The van der Waals surface area contributed by atoms with E-state index in [0.717, 1.165) is 38.5 Å². The Hall–Kier alpha value is -1.31. The number of hydrogen-bond acceptors (Lipinski definition) is 2. The molecule has 0 bridgehead atoms. The highest BCUT2D eigenvalue weighted by atomic mass is 16.6. The van der Waals surface area contributed by atoms with E-state index in [2.05, 4.69) is 60.6 Å². The Morgan fingerprint density at radius 1 is 1.15 bits per heavy atom. The van der Waals surface area contributed by atoms with Crippen LogP contribution in [0.5, 0.6) is 0 Å². The molecule has 1 atom stereocenters. The van der Waals surface area contributed by atoms with Gasteiger partial charge < -0.3 is 4.74 Å². The summed E-state index contributed by atoms with van der Waals surface area (Å²) in [5, 5.41) is 0. The minimum absolute atomic E-state index is 0.145. The van der Waals surface area contributed by atoms with Crippen molar-refractivity contribution >= 4 is 5.97 Å². The van der Waals surface area contributed by atoms with Crippen LogP contribution in [0.15, 0.2) is 24.3 Å². The van der Waals surface area contributed by atoms with Gasteiger partial charge in [-0.05, 0) is 73.5 Å². The summed E-state index contributed by atoms with van der Waals surface area (Å²) in [5.74, 6) is 0.242. The molecule has 0 heterocycles. The van der Waals surface area contributed by atoms with Gasteiger partial charge in [-0.1, -0.05) is 60.1 Å². The van der Waals surface area contributed by atoms with Crippen molar-refractivity contribution in [1.29, 1.82) is 0 Å². The topological polar surface area (TPSA) is 26.3 Å². The van der Waals surface area contributed by atoms with Crippen LogP contribution in [0.3, 0.4) is 0 Å². The molecule has 0 aliphatic heterocycles. The number of benzene rings is 1. The second-order valence-electron chi connectivity index (χ2n) is 10.3. The summed E-state index contributed by atoms with van der Waals surface area (Å²) in [5.41, 5.74) is 2.10. The predicted octanol–water partition coefficient (Wildman–Crippen LogP) is 7.13. The van der Waals surface area contributed by atoms with Gasteiger partial charge in [-0.25, -0.2) is 4.79 Å². The molecule has 0 spiro atoms. The van der Waals surface area contributed by atoms with Gasteiger partial charge in [0.1, 0.15) is 5.60 Å². The first-order valence-electron chi connectivity index (χ1n) is 10.3. The molecule has 1 aliphatic rings. The van der Waals surface area contributed by atoms with E-state index >= 15 is 0 Å². The molecule has 1 unspecified atom stereocenters. The van der Waals surface area contributed by atoms with Crippen LogP contribution in [-0.2, 0) is 4.74 Å². The highest BCUT2D eigenvalue weighted by molar-refractivity contribution is 5.90. The van der Waals surface area contributed by atoms with Crippen molar-refractivity contribution in [3.63, 3.8) is 0 Å². The zero-order valence-corrected chi connectivity index (χ0v) is 17.9. The first kappa shape index (κ1) is 21.0. The number of carbonyl (C=O) groups is 1. The first-order chi connectivity index (χ1) is 12.0. The molecule has 1 saturated carbocycles. The minimum Gasteiger partial charge on any atom is -0.456 e. The molecule has 1 aromatic rings. The average Bonchev–Trinajstić information content (AvgIpc) is 2.98. The lowest BCUT2D eigenvalue weighted by molar-refractivity contribution is -0.00611. The normalized spacial score (nSPS) is 18.6. The van der Waals surface area contributed by atoms with Crippen LogP contribution in [-0.4, -0.2) is 11.6 Å². The lowest BCUT2D eigenvalue weighted by Crippen LogP contribution is -2.28. The molecular weight excluding hydrogens is 320 g/mol. The maximum Gasteiger partial charge on any atom is 0.338 e. The van der Waals surface area contributed by atoms with Crippen molar-refractivity contribution < 1.29 is 9.53 Å². The van der Waals surface area contributed by atoms with Crippen LogP contribution in [0, 0.1) is 10.8 Å². The van der Waals surface area contributed by atoms with Gasteiger partial charge in [-0.2, -0.15) is 0 Å². The van der Waals surface area contributed by atoms with Gasteiger partial charge in [0.15, 0.2) is 0 Å². The Labute approximate surface area is 160 Å². The molecule has 1 aliphatic carbocycles. The van der Waals surface area contributed by atoms with E-state index in [-0.39, 0.29) is 22.4 Å². The second-order valence-corrected chi connectivity index (χ2v) is 10.3. The van der Waals surface area contributed by atoms with Crippen LogP contribution < -0.4 is 0 Å². The fraction of sp³-hybridized carbons (Fsp3) is 0.708. The van der Waals surface area contributed by atoms with E-state index < -0.39 is 0 Å². The SMILES string of the molecule is CCC(C)(C)CC(c1cccc(C(=O)OC2(C)CCCC2)c1)C(C)(C)C. The molecule has 1 fully saturated rings. The van der Waals surface area contributed by atoms with E-state index in [1.54, 1.807) is 0 Å². The van der Waals surface area contributed by atoms with Gasteiger partial charge in [0.25, 0.3) is 0 Å². The molecule has 2 rings (SSSR count). The molecule has 2 nitrogen and oxygen atoms in total. The van der Waals surface area contributed by atoms with Gasteiger partial charge >= 0.3 is 5.97 Å². The Morgan fingerprint density at radius 3 is 2.31 bits per heavy atom. The number of esters is 1. The van der Waals surface area contributed by atoms with E-state index in [1.807, 2.05) is 12.1 Å². The zero-order chi connectivity index (χ0) is 19.6. The molecule has 0 amide bonds. The van der Waals surface area contributed by atoms with Crippen molar-refractivity contribution in [2.75, 3.05) is 0 Å². The fourth-order valence-electron chi connectivity index (χ4n) is 4.01. The highest BCUT2D eigenvalue weighted by Crippen LogP contribution is 2.44. The Balaban J connectivity index is 2.25. The van der Waals surface area contributed by atoms with Gasteiger partial charge in [-0.3, -0.25) is 0 Å². The van der Waals surface area contributed by atoms with Gasteiger partial charge in [0.2, 0.25) is 0 Å². The lowest BCUT2D eigenvalue weighted by atomic mass is 9.68. The Morgan fingerprint density at radius 2 is 1.77 bits per heavy atom. The van der Waals surface area contributed by atoms with E-state index in [0.29, 0.717) is 11.5 Å². The summed E-state index contributed by atoms with van der Waals surface area (Å²) in [4.78, 5) is 12.7. The van der Waals surface area contributed by atoms with Gasteiger partial charge in [-0.15, -0.1) is 0 Å². The molecule has 2 heteroatoms. The molecule has 146 valence electrons. The highest BCUT2D eigenvalue weighted by Gasteiger charge is 2.34. The lowest BCUT2D eigenvalue weighted by Gasteiger charge is -2.37. The smallest absolute Gasteiger partial charge is 0.338 e. The Bertz CT molecular complexity index is 615. The first-order valence-corrected chi connectivity index (χ1v) is 10.3. The summed E-state index contributed by atoms with van der Waals surface area (Å²) in [7, 11) is 0. The predicted molar refractivity (Wildman–Crippen MR) is 110 cm³/mol. The summed E-state index contributed by atoms with van der Waals surface area (Å²) in [6.07, 6.45) is 6.54. The van der Waals surface area contributed by atoms with E-state index in [1.165, 1.54) is 5.56 Å². The second kappa shape index (κ2) is 7.74. The molecule has 0 saturated heterocycles. The third-order valence-corrected chi connectivity index (χ3v) is 6.28. The monoisotopic (exact) mass is 358 g/mol. The van der Waals surface area contributed by atoms with Crippen molar-refractivity contribution in [2.45, 2.75) is 98.5 Å². The minimum atomic E-state index is -0.277. The van der Waals surface area contributed by atoms with Crippen LogP contribution in [0.4, 0.5) is 0 Å². The molecule has 1 aromatic carbocycles. The van der Waals surface area contributed by atoms with Crippen LogP contribution in [0.25, 0.3) is 0 Å². The summed E-state index contributed by atoms with van der Waals surface area (Å²) < 4.78 is 5.89. The van der Waals surface area contributed by atoms with Crippen molar-refractivity contribution in [1.82, 2.24) is 0 Å². The van der Waals surface area contributed by atoms with Gasteiger partial charge in [0.05, 0.1) is 5.56 Å². The summed E-state index contributed by atoms with van der Waals surface area (Å²) in [6, 6.07) is 8.16. The molecule has 26 heavy (non-hydrogen) atoms. The number of ether oxygens (including phenoxy) is 1. The van der Waals surface area contributed by atoms with Crippen LogP contribution in [0.1, 0.15) is 109 Å². The fourth-order valence-corrected chi connectivity index (χ4v) is 4.01. The third-order valence-electron chi connectivity index (χ3n) is 6.28. The number of rotatable bonds is 6. The van der Waals surface area contributed by atoms with Crippen molar-refractivity contribution in [2.24, 2.45) is 10.8 Å². The van der Waals surface area contributed by atoms with Crippen molar-refractivity contribution in [3.05, 3.63) is 35.4 Å². The zero-order valence-electron chi connectivity index (χ0n) is 17.9. The Kier molecular flexibility index (Phi) is 6.25. The van der Waals surface area contributed by atoms with E-state index in [4.69, 9.17) is 4.74 Å². The standard InChI is InChI=1S/C24H38O2/c1-8-23(5,6)17-20(22(2,3)4)18-12-11-13-19(16-18)21(25)26-24(7)14-9-10-15-24/h11-13,16,20H,8-10,14-15,17H2,1-7H3. The maximum absolute atomic E-state index is 12.7. The average molecular weight is 359 g/mol. The van der Waals surface area contributed by atoms with E-state index in [9.17, 15) is 4.79 Å². The quantitative estimate of drug-likeness (QED) is 0.505. The summed E-state index contributed by atoms with van der Waals surface area (Å²) >= 11 is 0. The molecule has 0 N–H and O–H groups in total. The van der Waals surface area contributed by atoms with Crippen LogP contribution in [0.2, 0.25) is 0 Å². The molecular formula is C24H38O2. The molecule has 0 aromatic heterocycles. The third kappa shape index (κ3) is 5.34. The van der Waals surface area contributed by atoms with Gasteiger partial charge in [0, 0.05) is 0 Å². The summed E-state index contributed by atoms with van der Waals surface area (Å²) in [6.45, 7) is 15.9. The van der Waals surface area contributed by atoms with Crippen molar-refractivity contribution in [3.8, 4) is 0 Å². The van der Waals surface area contributed by atoms with Crippen LogP contribution >= 0.6 is 0 Å². The number of hydrogen-bond donors (Lipinski definition) is 0. The molecule has 0 radical (unpaired) electrons. The maximum atomic E-state index is 12.7. The number of carbonyl (C=O) groups excluding carboxylic acids is 1.